The van der Waals surface area contributed by atoms with E-state index in [-0.39, 0.29) is 6.04 Å². The first kappa shape index (κ1) is 12.8. The number of fused-ring (bicyclic) bond motifs is 1. The molecule has 0 amide bonds. The summed E-state index contributed by atoms with van der Waals surface area (Å²) in [4.78, 5) is 4.42. The number of nitrogens with two attached hydrogens (primary N) is 1. The molecule has 0 aliphatic rings. The average molecular weight is 267 g/mol. The molecule has 0 spiro atoms. The molecule has 0 radical (unpaired) electrons. The Morgan fingerprint density at radius 1 is 1.15 bits per heavy atom. The van der Waals surface area contributed by atoms with Crippen LogP contribution in [-0.4, -0.2) is 16.2 Å². The quantitative estimate of drug-likeness (QED) is 0.788. The molecule has 1 atom stereocenters. The van der Waals surface area contributed by atoms with Crippen molar-refractivity contribution >= 4 is 10.8 Å². The van der Waals surface area contributed by atoms with Crippen LogP contribution in [0.1, 0.15) is 19.2 Å². The summed E-state index contributed by atoms with van der Waals surface area (Å²) in [5.41, 5.74) is 6.86. The maximum Gasteiger partial charge on any atom is 0.228 e. The lowest BCUT2D eigenvalue weighted by Gasteiger charge is -2.02. The van der Waals surface area contributed by atoms with Gasteiger partial charge in [-0.1, -0.05) is 48.5 Å². The van der Waals surface area contributed by atoms with Crippen LogP contribution in [0.3, 0.4) is 0 Å². The molecule has 4 nitrogen and oxygen atoms in total. The molecule has 0 aliphatic heterocycles. The predicted molar refractivity (Wildman–Crippen MR) is 79.2 cm³/mol. The maximum absolute atomic E-state index is 5.90. The molecule has 20 heavy (non-hydrogen) atoms. The van der Waals surface area contributed by atoms with Gasteiger partial charge in [-0.15, -0.1) is 0 Å². The maximum atomic E-state index is 5.90. The average Bonchev–Trinajstić information content (AvgIpc) is 2.95. The monoisotopic (exact) mass is 267 g/mol. The van der Waals surface area contributed by atoms with Gasteiger partial charge in [-0.05, 0) is 23.3 Å². The van der Waals surface area contributed by atoms with E-state index in [9.17, 15) is 0 Å². The minimum Gasteiger partial charge on any atom is -0.339 e. The van der Waals surface area contributed by atoms with Crippen LogP contribution in [0.25, 0.3) is 22.2 Å². The highest BCUT2D eigenvalue weighted by molar-refractivity contribution is 5.86. The van der Waals surface area contributed by atoms with E-state index in [1.165, 1.54) is 10.8 Å². The molecule has 2 aromatic carbocycles. The van der Waals surface area contributed by atoms with Gasteiger partial charge in [-0.3, -0.25) is 0 Å². The smallest absolute Gasteiger partial charge is 0.228 e. The van der Waals surface area contributed by atoms with Crippen molar-refractivity contribution in [3.8, 4) is 11.4 Å². The number of aromatic nitrogens is 2. The third-order valence-corrected chi connectivity index (χ3v) is 3.44. The molecule has 0 saturated heterocycles. The van der Waals surface area contributed by atoms with Gasteiger partial charge in [-0.25, -0.2) is 0 Å². The van der Waals surface area contributed by atoms with E-state index in [2.05, 4.69) is 34.4 Å². The first-order valence-corrected chi connectivity index (χ1v) is 6.83. The second kappa shape index (κ2) is 5.43. The Kier molecular flexibility index (Phi) is 3.48. The third-order valence-electron chi connectivity index (χ3n) is 3.44. The molecule has 3 aromatic rings. The van der Waals surface area contributed by atoms with Crippen LogP contribution in [0.5, 0.6) is 0 Å². The van der Waals surface area contributed by atoms with E-state index in [4.69, 9.17) is 10.3 Å². The molecule has 0 saturated carbocycles. The zero-order valence-electron chi connectivity index (χ0n) is 11.4. The van der Waals surface area contributed by atoms with Crippen molar-refractivity contribution in [2.75, 3.05) is 0 Å². The van der Waals surface area contributed by atoms with Crippen molar-refractivity contribution in [2.24, 2.45) is 5.73 Å². The van der Waals surface area contributed by atoms with Crippen LogP contribution in [-0.2, 0) is 6.42 Å². The molecule has 3 rings (SSSR count). The Hall–Kier alpha value is -2.20. The first-order chi connectivity index (χ1) is 9.76. The van der Waals surface area contributed by atoms with E-state index in [0.717, 1.165) is 12.0 Å². The second-order valence-corrected chi connectivity index (χ2v) is 4.95. The van der Waals surface area contributed by atoms with E-state index in [0.29, 0.717) is 18.1 Å². The van der Waals surface area contributed by atoms with Gasteiger partial charge in [0.15, 0.2) is 0 Å². The van der Waals surface area contributed by atoms with E-state index in [1.807, 2.05) is 25.1 Å². The molecule has 0 aliphatic carbocycles. The van der Waals surface area contributed by atoms with Crippen molar-refractivity contribution < 1.29 is 4.52 Å². The first-order valence-electron chi connectivity index (χ1n) is 6.83. The van der Waals surface area contributed by atoms with Crippen molar-refractivity contribution in [1.82, 2.24) is 10.1 Å². The summed E-state index contributed by atoms with van der Waals surface area (Å²) in [7, 11) is 0. The number of benzene rings is 2. The highest BCUT2D eigenvalue weighted by Gasteiger charge is 2.11. The highest BCUT2D eigenvalue weighted by Crippen LogP contribution is 2.22. The number of rotatable bonds is 4. The zero-order valence-corrected chi connectivity index (χ0v) is 11.4. The van der Waals surface area contributed by atoms with Crippen LogP contribution >= 0.6 is 0 Å². The minimum atomic E-state index is 0.0694. The third kappa shape index (κ3) is 2.56. The van der Waals surface area contributed by atoms with E-state index < -0.39 is 0 Å². The van der Waals surface area contributed by atoms with Crippen LogP contribution in [0.4, 0.5) is 0 Å². The lowest BCUT2D eigenvalue weighted by Crippen LogP contribution is -2.21. The number of hydrogen-bond acceptors (Lipinski definition) is 4. The van der Waals surface area contributed by atoms with Crippen molar-refractivity contribution in [2.45, 2.75) is 25.8 Å². The van der Waals surface area contributed by atoms with Gasteiger partial charge in [0.2, 0.25) is 11.7 Å². The molecular weight excluding hydrogens is 250 g/mol. The summed E-state index contributed by atoms with van der Waals surface area (Å²) in [6, 6.07) is 14.4. The fourth-order valence-electron chi connectivity index (χ4n) is 2.15. The van der Waals surface area contributed by atoms with Crippen LogP contribution in [0.2, 0.25) is 0 Å². The van der Waals surface area contributed by atoms with E-state index in [1.54, 1.807) is 0 Å². The summed E-state index contributed by atoms with van der Waals surface area (Å²) in [6.45, 7) is 2.05. The summed E-state index contributed by atoms with van der Waals surface area (Å²) in [5, 5.41) is 6.41. The van der Waals surface area contributed by atoms with Gasteiger partial charge in [-0.2, -0.15) is 4.98 Å². The standard InChI is InChI=1S/C16H17N3O/c1-2-14(17)10-15-18-16(19-20-15)13-8-7-11-5-3-4-6-12(11)9-13/h3-9,14H,2,10,17H2,1H3. The normalized spacial score (nSPS) is 12.7. The second-order valence-electron chi connectivity index (χ2n) is 4.95. The van der Waals surface area contributed by atoms with Crippen molar-refractivity contribution in [3.05, 3.63) is 48.4 Å². The lowest BCUT2D eigenvalue weighted by atomic mass is 10.1. The number of nitrogens with zero attached hydrogens (tertiary/aromatic N) is 2. The molecule has 102 valence electrons. The largest absolute Gasteiger partial charge is 0.339 e. The molecule has 4 heteroatoms. The fraction of sp³-hybridized carbons (Fsp3) is 0.250. The molecule has 0 fully saturated rings. The Bertz CT molecular complexity index is 720. The van der Waals surface area contributed by atoms with Crippen LogP contribution in [0, 0.1) is 0 Å². The highest BCUT2D eigenvalue weighted by atomic mass is 16.5. The predicted octanol–water partition coefficient (Wildman–Crippen LogP) is 3.17. The molecule has 2 N–H and O–H groups in total. The molecule has 1 aromatic heterocycles. The van der Waals surface area contributed by atoms with Crippen LogP contribution in [0.15, 0.2) is 47.0 Å². The van der Waals surface area contributed by atoms with Gasteiger partial charge < -0.3 is 10.3 Å². The minimum absolute atomic E-state index is 0.0694. The van der Waals surface area contributed by atoms with Gasteiger partial charge in [0.1, 0.15) is 0 Å². The zero-order chi connectivity index (χ0) is 13.9. The van der Waals surface area contributed by atoms with Crippen molar-refractivity contribution in [1.29, 1.82) is 0 Å². The van der Waals surface area contributed by atoms with Gasteiger partial charge in [0.05, 0.1) is 0 Å². The summed E-state index contributed by atoms with van der Waals surface area (Å²) in [6.07, 6.45) is 1.52. The number of hydrogen-bond donors (Lipinski definition) is 1. The molecule has 1 unspecified atom stereocenters. The lowest BCUT2D eigenvalue weighted by molar-refractivity contribution is 0.368. The van der Waals surface area contributed by atoms with Gasteiger partial charge >= 0.3 is 0 Å². The topological polar surface area (TPSA) is 64.9 Å². The molecular formula is C16H17N3O. The van der Waals surface area contributed by atoms with Crippen LogP contribution < -0.4 is 5.73 Å². The van der Waals surface area contributed by atoms with Gasteiger partial charge in [0, 0.05) is 18.0 Å². The Labute approximate surface area is 117 Å². The van der Waals surface area contributed by atoms with Gasteiger partial charge in [0.25, 0.3) is 0 Å². The Balaban J connectivity index is 1.91. The Morgan fingerprint density at radius 2 is 1.95 bits per heavy atom. The molecule has 1 heterocycles. The Morgan fingerprint density at radius 3 is 2.75 bits per heavy atom. The summed E-state index contributed by atoms with van der Waals surface area (Å²) in [5.74, 6) is 1.22. The van der Waals surface area contributed by atoms with E-state index >= 15 is 0 Å². The summed E-state index contributed by atoms with van der Waals surface area (Å²) < 4.78 is 5.26. The van der Waals surface area contributed by atoms with Crippen molar-refractivity contribution in [3.63, 3.8) is 0 Å². The fourth-order valence-corrected chi connectivity index (χ4v) is 2.15. The SMILES string of the molecule is CCC(N)Cc1nc(-c2ccc3ccccc3c2)no1. The summed E-state index contributed by atoms with van der Waals surface area (Å²) >= 11 is 0. The molecule has 0 bridgehead atoms.